The minimum Gasteiger partial charge on any atom is -0.508 e. The molecule has 13 heteroatoms. The second-order valence-electron chi connectivity index (χ2n) is 13.3. The second kappa shape index (κ2) is 13.4. The smallest absolute Gasteiger partial charge is 0.257 e. The highest BCUT2D eigenvalue weighted by Crippen LogP contribution is 2.41. The van der Waals surface area contributed by atoms with Gasteiger partial charge in [-0.1, -0.05) is 0 Å². The molecule has 2 aromatic heterocycles. The molecule has 0 saturated carbocycles. The number of aromatic hydroxyl groups is 1. The van der Waals surface area contributed by atoms with Crippen LogP contribution in [0.4, 0.5) is 11.4 Å². The Kier molecular flexibility index (Phi) is 8.39. The highest BCUT2D eigenvalue weighted by Gasteiger charge is 2.35. The monoisotopic (exact) mass is 746 g/mol. The van der Waals surface area contributed by atoms with Crippen molar-refractivity contribution in [1.82, 2.24) is 9.80 Å². The minimum atomic E-state index is -0.122. The number of methoxy groups -OCH3 is 2. The van der Waals surface area contributed by atoms with E-state index in [1.54, 1.807) is 59.1 Å². The Hall–Kier alpha value is -5.66. The van der Waals surface area contributed by atoms with Crippen LogP contribution >= 0.6 is 22.7 Å². The van der Waals surface area contributed by atoms with Crippen LogP contribution in [0.1, 0.15) is 52.7 Å². The molecule has 5 aromatic rings. The summed E-state index contributed by atoms with van der Waals surface area (Å²) in [5.41, 5.74) is 5.68. The van der Waals surface area contributed by atoms with E-state index in [9.17, 15) is 14.7 Å². The van der Waals surface area contributed by atoms with Crippen molar-refractivity contribution in [2.45, 2.75) is 51.2 Å². The number of aliphatic imine (C=N–C) groups is 2. The summed E-state index contributed by atoms with van der Waals surface area (Å²) in [7, 11) is 3.07. The van der Waals surface area contributed by atoms with Crippen molar-refractivity contribution in [3.05, 3.63) is 108 Å². The molecule has 0 aliphatic carbocycles. The largest absolute Gasteiger partial charge is 0.508 e. The highest BCUT2D eigenvalue weighted by molar-refractivity contribution is 7.10. The van der Waals surface area contributed by atoms with E-state index in [1.807, 2.05) is 28.3 Å². The number of fused-ring (bicyclic) bond motifs is 6. The molecule has 0 bridgehead atoms. The maximum absolute atomic E-state index is 13.7. The van der Waals surface area contributed by atoms with Gasteiger partial charge in [-0.3, -0.25) is 19.6 Å². The van der Waals surface area contributed by atoms with E-state index in [4.69, 9.17) is 28.9 Å². The van der Waals surface area contributed by atoms with Crippen molar-refractivity contribution in [3.63, 3.8) is 0 Å². The molecule has 3 aromatic carbocycles. The average Bonchev–Trinajstić information content (AvgIpc) is 3.79. The number of thiophene rings is 2. The summed E-state index contributed by atoms with van der Waals surface area (Å²) in [5.74, 6) is 1.52. The van der Waals surface area contributed by atoms with Gasteiger partial charge in [0.2, 0.25) is 0 Å². The molecule has 0 spiro atoms. The first-order chi connectivity index (χ1) is 25.8. The van der Waals surface area contributed by atoms with E-state index in [1.165, 1.54) is 35.1 Å². The van der Waals surface area contributed by atoms with Crippen LogP contribution in [0.15, 0.2) is 75.3 Å². The zero-order valence-electron chi connectivity index (χ0n) is 28.9. The van der Waals surface area contributed by atoms with Crippen molar-refractivity contribution in [3.8, 4) is 28.7 Å². The molecular formula is C40H34N4O7S2. The van der Waals surface area contributed by atoms with Crippen molar-refractivity contribution in [1.29, 1.82) is 0 Å². The van der Waals surface area contributed by atoms with Gasteiger partial charge in [0.25, 0.3) is 11.8 Å². The fourth-order valence-electron chi connectivity index (χ4n) is 7.36. The number of benzene rings is 3. The molecule has 11 nitrogen and oxygen atoms in total. The zero-order valence-corrected chi connectivity index (χ0v) is 30.5. The van der Waals surface area contributed by atoms with Gasteiger partial charge in [0.1, 0.15) is 19.0 Å². The average molecular weight is 747 g/mol. The molecule has 6 heterocycles. The third-order valence-corrected chi connectivity index (χ3v) is 12.1. The number of carbonyl (C=O) groups excluding carboxylic acids is 2. The Labute approximate surface area is 313 Å². The van der Waals surface area contributed by atoms with Gasteiger partial charge in [-0.2, -0.15) is 0 Å². The SMILES string of the molecule is COc1cc2c(cc1OCc1cc(O)cc(COc3cc4c(cc3OC)C(=O)N3Cc5ccsc5CC3C=N4)c1)N=CC1Cc3sccc3CN1C2=O. The van der Waals surface area contributed by atoms with Crippen LogP contribution in [-0.2, 0) is 39.1 Å². The van der Waals surface area contributed by atoms with Gasteiger partial charge in [-0.15, -0.1) is 22.7 Å². The number of nitrogens with zero attached hydrogens (tertiary/aromatic N) is 4. The molecule has 2 amide bonds. The number of hydrogen-bond acceptors (Lipinski definition) is 11. The summed E-state index contributed by atoms with van der Waals surface area (Å²) >= 11 is 3.42. The molecule has 1 N–H and O–H groups in total. The normalized spacial score (nSPS) is 18.2. The maximum atomic E-state index is 13.7. The second-order valence-corrected chi connectivity index (χ2v) is 15.3. The number of phenolic OH excluding ortho intramolecular Hbond substituents is 1. The van der Waals surface area contributed by atoms with Crippen LogP contribution in [0.2, 0.25) is 0 Å². The maximum Gasteiger partial charge on any atom is 0.257 e. The number of hydrogen-bond donors (Lipinski definition) is 1. The Morgan fingerprint density at radius 1 is 0.679 bits per heavy atom. The lowest BCUT2D eigenvalue weighted by molar-refractivity contribution is 0.0697. The van der Waals surface area contributed by atoms with Crippen LogP contribution < -0.4 is 18.9 Å². The molecule has 4 aliphatic heterocycles. The molecule has 0 fully saturated rings. The number of rotatable bonds is 8. The first kappa shape index (κ1) is 33.2. The van der Waals surface area contributed by atoms with Crippen LogP contribution in [0.3, 0.4) is 0 Å². The summed E-state index contributed by atoms with van der Waals surface area (Å²) in [6.07, 6.45) is 5.17. The highest BCUT2D eigenvalue weighted by atomic mass is 32.1. The predicted octanol–water partition coefficient (Wildman–Crippen LogP) is 7.26. The molecule has 53 heavy (non-hydrogen) atoms. The fraction of sp³-hybridized carbons (Fsp3) is 0.250. The van der Waals surface area contributed by atoms with Crippen molar-refractivity contribution >= 4 is 58.3 Å². The van der Waals surface area contributed by atoms with E-state index in [0.717, 1.165) is 12.8 Å². The van der Waals surface area contributed by atoms with E-state index in [0.29, 0.717) is 69.7 Å². The zero-order chi connectivity index (χ0) is 36.2. The number of amides is 2. The molecule has 2 atom stereocenters. The van der Waals surface area contributed by atoms with Gasteiger partial charge in [0.15, 0.2) is 23.0 Å². The van der Waals surface area contributed by atoms with Crippen LogP contribution in [0.5, 0.6) is 28.7 Å². The third-order valence-electron chi connectivity index (χ3n) is 10.1. The van der Waals surface area contributed by atoms with Gasteiger partial charge in [0.05, 0.1) is 48.8 Å². The topological polar surface area (TPSA) is 122 Å². The molecule has 4 aliphatic rings. The molecule has 268 valence electrons. The van der Waals surface area contributed by atoms with Gasteiger partial charge in [-0.25, -0.2) is 0 Å². The van der Waals surface area contributed by atoms with Crippen molar-refractivity contribution in [2.75, 3.05) is 14.2 Å². The van der Waals surface area contributed by atoms with Crippen LogP contribution in [-0.4, -0.2) is 65.5 Å². The van der Waals surface area contributed by atoms with Crippen LogP contribution in [0.25, 0.3) is 0 Å². The van der Waals surface area contributed by atoms with Crippen LogP contribution in [0, 0.1) is 0 Å². The lowest BCUT2D eigenvalue weighted by atomic mass is 10.0. The molecule has 9 rings (SSSR count). The number of phenols is 1. The van der Waals surface area contributed by atoms with E-state index < -0.39 is 0 Å². The first-order valence-electron chi connectivity index (χ1n) is 17.2. The Balaban J connectivity index is 0.914. The molecule has 0 radical (unpaired) electrons. The summed E-state index contributed by atoms with van der Waals surface area (Å²) < 4.78 is 23.7. The van der Waals surface area contributed by atoms with Crippen molar-refractivity contribution < 1.29 is 33.6 Å². The molecule has 0 saturated heterocycles. The summed E-state index contributed by atoms with van der Waals surface area (Å²) in [5, 5.41) is 14.8. The quantitative estimate of drug-likeness (QED) is 0.178. The standard InChI is InChI=1S/C40H34N4O7S2/c1-48-33-12-29-31(41-16-26-10-37-24(3-5-52-37)18-43(26)39(29)46)14-35(33)50-20-22-7-23(9-28(45)8-22)21-51-36-15-32-30(13-34(36)49-2)40(47)44-19-25-4-6-53-38(25)11-27(44)17-42-32/h3-9,12-17,26-27,45H,10-11,18-21H2,1-2H3. The van der Waals surface area contributed by atoms with Gasteiger partial charge in [0, 0.05) is 60.2 Å². The Bertz CT molecular complexity index is 2190. The van der Waals surface area contributed by atoms with Gasteiger partial charge >= 0.3 is 0 Å². The lowest BCUT2D eigenvalue weighted by Crippen LogP contribution is -2.44. The first-order valence-corrected chi connectivity index (χ1v) is 18.9. The molecule has 2 unspecified atom stereocenters. The number of carbonyl (C=O) groups is 2. The van der Waals surface area contributed by atoms with E-state index >= 15 is 0 Å². The van der Waals surface area contributed by atoms with Crippen molar-refractivity contribution in [2.24, 2.45) is 9.98 Å². The predicted molar refractivity (Wildman–Crippen MR) is 202 cm³/mol. The van der Waals surface area contributed by atoms with E-state index in [2.05, 4.69) is 22.9 Å². The summed E-state index contributed by atoms with van der Waals surface area (Å²) in [6.45, 7) is 1.29. The number of ether oxygens (including phenoxy) is 4. The summed E-state index contributed by atoms with van der Waals surface area (Å²) in [6, 6.07) is 15.9. The Morgan fingerprint density at radius 2 is 1.15 bits per heavy atom. The minimum absolute atomic E-state index is 0.0493. The molecular weight excluding hydrogens is 713 g/mol. The Morgan fingerprint density at radius 3 is 1.60 bits per heavy atom. The van der Waals surface area contributed by atoms with E-state index in [-0.39, 0.29) is 42.9 Å². The summed E-state index contributed by atoms with van der Waals surface area (Å²) in [4.78, 5) is 43.1. The fourth-order valence-corrected chi connectivity index (χ4v) is 9.26. The third kappa shape index (κ3) is 6.09. The lowest BCUT2D eigenvalue weighted by Gasteiger charge is -2.32. The van der Waals surface area contributed by atoms with Gasteiger partial charge < -0.3 is 33.9 Å². The van der Waals surface area contributed by atoms with Gasteiger partial charge in [-0.05, 0) is 75.5 Å².